The van der Waals surface area contributed by atoms with E-state index in [1.807, 2.05) is 60.7 Å². The quantitative estimate of drug-likeness (QED) is 0.120. The first kappa shape index (κ1) is 29.6. The Morgan fingerprint density at radius 2 is 0.578 bits per heavy atom. The fourth-order valence-corrected chi connectivity index (χ4v) is 5.46. The Morgan fingerprint density at radius 3 is 0.867 bits per heavy atom. The van der Waals surface area contributed by atoms with Crippen LogP contribution in [0.25, 0.3) is 65.6 Å². The molecule has 1 aliphatic rings. The second-order valence-electron chi connectivity index (χ2n) is 10.2. The molecule has 0 atom stereocenters. The van der Waals surface area contributed by atoms with Gasteiger partial charge >= 0.3 is 19.5 Å². The monoisotopic (exact) mass is 666 g/mol. The number of fused-ring (bicyclic) bond motifs is 9. The molecule has 0 bridgehead atoms. The van der Waals surface area contributed by atoms with Crippen molar-refractivity contribution in [2.24, 2.45) is 0 Å². The fourth-order valence-electron chi connectivity index (χ4n) is 5.46. The van der Waals surface area contributed by atoms with Crippen LogP contribution in [-0.2, 0) is 19.5 Å². The SMILES string of the molecule is [N-]=C1C(=[N-])c2ccccc2-c2ccccc21.[Ru+4].c1cnc2c(c1)ccc1cccnc12.c1cnc2c(c1)ccc1cccnc12. The van der Waals surface area contributed by atoms with Crippen molar-refractivity contribution < 1.29 is 19.5 Å². The molecule has 0 N–H and O–H groups in total. The van der Waals surface area contributed by atoms with E-state index in [1.54, 1.807) is 36.9 Å². The summed E-state index contributed by atoms with van der Waals surface area (Å²) in [6.07, 6.45) is 7.21. The summed E-state index contributed by atoms with van der Waals surface area (Å²) >= 11 is 0. The zero-order valence-corrected chi connectivity index (χ0v) is 25.6. The number of benzene rings is 4. The van der Waals surface area contributed by atoms with Gasteiger partial charge < -0.3 is 10.8 Å². The third-order valence-electron chi connectivity index (χ3n) is 7.57. The molecule has 4 heterocycles. The Labute approximate surface area is 272 Å². The Kier molecular flexibility index (Phi) is 8.54. The fraction of sp³-hybridized carbons (Fsp3) is 0. The number of hydrogen-bond acceptors (Lipinski definition) is 4. The molecule has 212 valence electrons. The summed E-state index contributed by atoms with van der Waals surface area (Å²) in [5, 5.41) is 24.4. The van der Waals surface area contributed by atoms with Gasteiger partial charge in [0, 0.05) is 46.3 Å². The normalized spacial score (nSPS) is 11.5. The summed E-state index contributed by atoms with van der Waals surface area (Å²) in [5.41, 5.74) is 7.08. The maximum absolute atomic E-state index is 9.91. The number of aromatic nitrogens is 4. The first-order valence-electron chi connectivity index (χ1n) is 14.2. The molecule has 4 aromatic heterocycles. The van der Waals surface area contributed by atoms with Crippen molar-refractivity contribution in [2.75, 3.05) is 0 Å². The van der Waals surface area contributed by atoms with E-state index in [1.165, 1.54) is 0 Å². The number of pyridine rings is 4. The van der Waals surface area contributed by atoms with E-state index in [9.17, 15) is 10.8 Å². The second-order valence-corrected chi connectivity index (χ2v) is 10.2. The summed E-state index contributed by atoms with van der Waals surface area (Å²) in [6, 6.07) is 39.3. The maximum atomic E-state index is 9.91. The van der Waals surface area contributed by atoms with Crippen LogP contribution in [0.3, 0.4) is 0 Å². The Morgan fingerprint density at radius 1 is 0.311 bits per heavy atom. The van der Waals surface area contributed by atoms with E-state index >= 15 is 0 Å². The van der Waals surface area contributed by atoms with Gasteiger partial charge in [0.25, 0.3) is 0 Å². The van der Waals surface area contributed by atoms with Gasteiger partial charge in [-0.2, -0.15) is 11.4 Å². The molecule has 6 nitrogen and oxygen atoms in total. The molecule has 9 rings (SSSR count). The molecule has 7 heteroatoms. The summed E-state index contributed by atoms with van der Waals surface area (Å²) in [7, 11) is 0. The van der Waals surface area contributed by atoms with Gasteiger partial charge in [-0.3, -0.25) is 19.9 Å². The molecule has 4 aromatic carbocycles. The molecule has 0 unspecified atom stereocenters. The van der Waals surface area contributed by atoms with E-state index in [2.05, 4.69) is 68.5 Å². The van der Waals surface area contributed by atoms with E-state index in [0.717, 1.165) is 54.7 Å². The number of nitrogens with zero attached hydrogens (tertiary/aromatic N) is 6. The first-order chi connectivity index (χ1) is 21.7. The molecule has 0 spiro atoms. The number of hydrogen-bond donors (Lipinski definition) is 0. The van der Waals surface area contributed by atoms with Crippen LogP contribution in [-0.4, -0.2) is 31.4 Å². The smallest absolute Gasteiger partial charge is 0.804 e. The van der Waals surface area contributed by atoms with Gasteiger partial charge in [0.1, 0.15) is 0 Å². The third-order valence-corrected chi connectivity index (χ3v) is 7.57. The van der Waals surface area contributed by atoms with Crippen molar-refractivity contribution >= 4 is 55.0 Å². The van der Waals surface area contributed by atoms with Gasteiger partial charge in [-0.15, -0.1) is 0 Å². The van der Waals surface area contributed by atoms with Crippen molar-refractivity contribution in [3.63, 3.8) is 0 Å². The van der Waals surface area contributed by atoms with E-state index < -0.39 is 0 Å². The van der Waals surface area contributed by atoms with Gasteiger partial charge in [-0.25, -0.2) is 0 Å². The number of rotatable bonds is 0. The van der Waals surface area contributed by atoms with Gasteiger partial charge in [-0.05, 0) is 46.5 Å². The van der Waals surface area contributed by atoms with Crippen LogP contribution in [0.4, 0.5) is 0 Å². The zero-order chi connectivity index (χ0) is 29.9. The molecular formula is C38H24N6Ru+2. The summed E-state index contributed by atoms with van der Waals surface area (Å²) < 4.78 is 0. The second kappa shape index (κ2) is 13.0. The Balaban J connectivity index is 0.000000118. The maximum Gasteiger partial charge on any atom is 4.00 e. The van der Waals surface area contributed by atoms with Gasteiger partial charge in [-0.1, -0.05) is 97.1 Å². The molecule has 45 heavy (non-hydrogen) atoms. The molecule has 0 radical (unpaired) electrons. The molecule has 0 aliphatic heterocycles. The largest absolute Gasteiger partial charge is 4.00 e. The van der Waals surface area contributed by atoms with Crippen LogP contribution in [0, 0.1) is 0 Å². The van der Waals surface area contributed by atoms with Crippen LogP contribution in [0.15, 0.2) is 146 Å². The molecule has 8 aromatic rings. The summed E-state index contributed by atoms with van der Waals surface area (Å²) in [6.45, 7) is 0. The topological polar surface area (TPSA) is 96.2 Å². The van der Waals surface area contributed by atoms with Crippen molar-refractivity contribution in [1.82, 2.24) is 19.9 Å². The third kappa shape index (κ3) is 5.74. The summed E-state index contributed by atoms with van der Waals surface area (Å²) in [4.78, 5) is 17.4. The standard InChI is InChI=1S/C14H8N2.2C12H8N2.Ru/c15-13-11-7-3-1-5-9(11)10-6-2-4-8-12(10)14(13)16;2*1-3-9-5-6-10-4-2-8-14-12(10)11(9)13-7-1;/h1-8H;2*1-8H;/q-2;;;+4. The average molecular weight is 666 g/mol. The van der Waals surface area contributed by atoms with Crippen LogP contribution in [0.5, 0.6) is 0 Å². The van der Waals surface area contributed by atoms with Crippen LogP contribution < -0.4 is 0 Å². The first-order valence-corrected chi connectivity index (χ1v) is 14.2. The molecule has 0 fully saturated rings. The predicted molar refractivity (Wildman–Crippen MR) is 181 cm³/mol. The van der Waals surface area contributed by atoms with E-state index in [-0.39, 0.29) is 30.9 Å². The van der Waals surface area contributed by atoms with Gasteiger partial charge in [0.05, 0.1) is 22.1 Å². The predicted octanol–water partition coefficient (Wildman–Crippen LogP) is 8.65. The Hall–Kier alpha value is -5.52. The zero-order valence-electron chi connectivity index (χ0n) is 23.9. The minimum absolute atomic E-state index is 0. The van der Waals surface area contributed by atoms with Crippen molar-refractivity contribution in [2.45, 2.75) is 0 Å². The van der Waals surface area contributed by atoms with Crippen molar-refractivity contribution in [3.05, 3.63) is 168 Å². The van der Waals surface area contributed by atoms with Gasteiger partial charge in [0.2, 0.25) is 0 Å². The molecule has 1 aliphatic carbocycles. The minimum Gasteiger partial charge on any atom is -0.804 e. The van der Waals surface area contributed by atoms with Crippen LogP contribution in [0.1, 0.15) is 11.1 Å². The minimum atomic E-state index is -0.0469. The molecule has 0 amide bonds. The van der Waals surface area contributed by atoms with Crippen molar-refractivity contribution in [3.8, 4) is 11.1 Å². The van der Waals surface area contributed by atoms with Crippen molar-refractivity contribution in [1.29, 1.82) is 0 Å². The van der Waals surface area contributed by atoms with E-state index in [0.29, 0.717) is 11.1 Å². The Bertz CT molecular complexity index is 2070. The average Bonchev–Trinajstić information content (AvgIpc) is 3.11. The molecule has 0 saturated carbocycles. The van der Waals surface area contributed by atoms with E-state index in [4.69, 9.17) is 0 Å². The molecule has 0 saturated heterocycles. The molecular weight excluding hydrogens is 642 g/mol. The van der Waals surface area contributed by atoms with Crippen LogP contribution >= 0.6 is 0 Å². The summed E-state index contributed by atoms with van der Waals surface area (Å²) in [5.74, 6) is 0. The van der Waals surface area contributed by atoms with Gasteiger partial charge in [0.15, 0.2) is 0 Å². The van der Waals surface area contributed by atoms with Crippen LogP contribution in [0.2, 0.25) is 0 Å².